The van der Waals surface area contributed by atoms with Crippen LogP contribution in [0.15, 0.2) is 12.4 Å². The monoisotopic (exact) mass is 355 g/mol. The van der Waals surface area contributed by atoms with E-state index in [1.807, 2.05) is 6.92 Å². The second kappa shape index (κ2) is 6.94. The van der Waals surface area contributed by atoms with Crippen molar-refractivity contribution in [3.8, 4) is 0 Å². The zero-order valence-electron chi connectivity index (χ0n) is 16.6. The van der Waals surface area contributed by atoms with Crippen molar-refractivity contribution in [2.45, 2.75) is 71.6 Å². The zero-order valence-corrected chi connectivity index (χ0v) is 16.6. The summed E-state index contributed by atoms with van der Waals surface area (Å²) in [6, 6.07) is 0. The number of hydrogen-bond acceptors (Lipinski definition) is 4. The molecule has 0 radical (unpaired) electrons. The van der Waals surface area contributed by atoms with Crippen LogP contribution >= 0.6 is 0 Å². The van der Waals surface area contributed by atoms with E-state index in [9.17, 15) is 4.79 Å². The van der Waals surface area contributed by atoms with Gasteiger partial charge in [0.05, 0.1) is 0 Å². The third-order valence-corrected chi connectivity index (χ3v) is 7.42. The van der Waals surface area contributed by atoms with Gasteiger partial charge in [0.1, 0.15) is 5.78 Å². The molecule has 2 aliphatic carbocycles. The summed E-state index contributed by atoms with van der Waals surface area (Å²) >= 11 is 0. The minimum atomic E-state index is 0.355. The van der Waals surface area contributed by atoms with Crippen LogP contribution in [0, 0.1) is 23.2 Å². The van der Waals surface area contributed by atoms with Crippen molar-refractivity contribution in [3.63, 3.8) is 0 Å². The molecule has 1 spiro atoms. The fraction of sp³-hybridized carbons (Fsp3) is 0.773. The van der Waals surface area contributed by atoms with Gasteiger partial charge in [0.15, 0.2) is 0 Å². The molecule has 0 bridgehead atoms. The van der Waals surface area contributed by atoms with Crippen LogP contribution in [0.2, 0.25) is 0 Å². The van der Waals surface area contributed by atoms with Gasteiger partial charge in [0.2, 0.25) is 5.95 Å². The van der Waals surface area contributed by atoms with Gasteiger partial charge in [-0.15, -0.1) is 0 Å². The van der Waals surface area contributed by atoms with E-state index in [1.165, 1.54) is 31.2 Å². The Morgan fingerprint density at radius 2 is 1.77 bits per heavy atom. The van der Waals surface area contributed by atoms with Gasteiger partial charge < -0.3 is 4.90 Å². The molecule has 3 aliphatic rings. The van der Waals surface area contributed by atoms with E-state index in [4.69, 9.17) is 0 Å². The number of anilines is 1. The molecule has 1 aromatic rings. The fourth-order valence-corrected chi connectivity index (χ4v) is 5.53. The molecular weight excluding hydrogens is 322 g/mol. The topological polar surface area (TPSA) is 46.1 Å². The molecule has 4 nitrogen and oxygen atoms in total. The zero-order chi connectivity index (χ0) is 18.3. The number of ketones is 1. The van der Waals surface area contributed by atoms with E-state index in [-0.39, 0.29) is 0 Å². The average Bonchev–Trinajstić information content (AvgIpc) is 2.59. The minimum Gasteiger partial charge on any atom is -0.341 e. The van der Waals surface area contributed by atoms with Crippen molar-refractivity contribution in [2.24, 2.45) is 23.2 Å². The minimum absolute atomic E-state index is 0.355. The molecule has 4 heteroatoms. The highest BCUT2D eigenvalue weighted by Gasteiger charge is 2.54. The molecule has 0 amide bonds. The van der Waals surface area contributed by atoms with Crippen LogP contribution in [0.1, 0.15) is 77.2 Å². The van der Waals surface area contributed by atoms with E-state index < -0.39 is 0 Å². The number of aromatic nitrogens is 2. The fourth-order valence-electron chi connectivity index (χ4n) is 5.53. The van der Waals surface area contributed by atoms with Gasteiger partial charge in [-0.05, 0) is 67.3 Å². The van der Waals surface area contributed by atoms with Gasteiger partial charge in [0, 0.05) is 37.8 Å². The SMILES string of the molecule is CCC(=O)C1CC2(C1)CC(c1cnc(N3CCC(C(C)C)CC3)nc1)C2. The first-order chi connectivity index (χ1) is 12.5. The Hall–Kier alpha value is -1.45. The van der Waals surface area contributed by atoms with Crippen molar-refractivity contribution >= 4 is 11.7 Å². The predicted octanol–water partition coefficient (Wildman–Crippen LogP) is 4.60. The maximum Gasteiger partial charge on any atom is 0.225 e. The molecule has 4 rings (SSSR count). The normalized spacial score (nSPS) is 31.8. The number of nitrogens with zero attached hydrogens (tertiary/aromatic N) is 3. The van der Waals surface area contributed by atoms with Gasteiger partial charge >= 0.3 is 0 Å². The van der Waals surface area contributed by atoms with Crippen LogP contribution in [-0.4, -0.2) is 28.8 Å². The lowest BCUT2D eigenvalue weighted by atomic mass is 9.47. The Balaban J connectivity index is 1.28. The molecule has 0 aromatic carbocycles. The molecule has 0 atom stereocenters. The van der Waals surface area contributed by atoms with E-state index in [2.05, 4.69) is 41.1 Å². The second-order valence-electron chi connectivity index (χ2n) is 9.42. The van der Waals surface area contributed by atoms with Crippen molar-refractivity contribution in [2.75, 3.05) is 18.0 Å². The number of Topliss-reactive ketones (excluding diaryl/α,β-unsaturated/α-hetero) is 1. The van der Waals surface area contributed by atoms with E-state index in [1.54, 1.807) is 0 Å². The number of hydrogen-bond donors (Lipinski definition) is 0. The summed E-state index contributed by atoms with van der Waals surface area (Å²) < 4.78 is 0. The lowest BCUT2D eigenvalue weighted by Crippen LogP contribution is -2.48. The molecule has 2 saturated carbocycles. The molecule has 1 saturated heterocycles. The molecule has 26 heavy (non-hydrogen) atoms. The maximum atomic E-state index is 11.8. The van der Waals surface area contributed by atoms with E-state index in [0.717, 1.165) is 43.7 Å². The quantitative estimate of drug-likeness (QED) is 0.774. The lowest BCUT2D eigenvalue weighted by Gasteiger charge is -2.57. The molecule has 1 aromatic heterocycles. The van der Waals surface area contributed by atoms with E-state index >= 15 is 0 Å². The number of carbonyl (C=O) groups is 1. The third-order valence-electron chi connectivity index (χ3n) is 7.42. The molecule has 0 N–H and O–H groups in total. The highest BCUT2D eigenvalue weighted by molar-refractivity contribution is 5.81. The predicted molar refractivity (Wildman–Crippen MR) is 104 cm³/mol. The molecule has 0 unspecified atom stereocenters. The summed E-state index contributed by atoms with van der Waals surface area (Å²) in [4.78, 5) is 23.5. The Morgan fingerprint density at radius 3 is 2.31 bits per heavy atom. The van der Waals surface area contributed by atoms with Crippen molar-refractivity contribution in [1.82, 2.24) is 9.97 Å². The first kappa shape index (κ1) is 17.9. The summed E-state index contributed by atoms with van der Waals surface area (Å²) in [6.07, 6.45) is 12.0. The second-order valence-corrected chi connectivity index (χ2v) is 9.42. The Bertz CT molecular complexity index is 632. The Morgan fingerprint density at radius 1 is 1.15 bits per heavy atom. The summed E-state index contributed by atoms with van der Waals surface area (Å²) in [5, 5.41) is 0. The van der Waals surface area contributed by atoms with Crippen LogP contribution in [0.3, 0.4) is 0 Å². The van der Waals surface area contributed by atoms with Gasteiger partial charge in [-0.3, -0.25) is 4.79 Å². The van der Waals surface area contributed by atoms with E-state index in [0.29, 0.717) is 29.5 Å². The van der Waals surface area contributed by atoms with Crippen molar-refractivity contribution in [3.05, 3.63) is 18.0 Å². The standard InChI is InChI=1S/C22H33N3O/c1-4-20(26)18-11-22(12-18)9-17(10-22)19-13-23-21(24-14-19)25-7-5-16(6-8-25)15(2)3/h13-18H,4-12H2,1-3H3. The average molecular weight is 356 g/mol. The summed E-state index contributed by atoms with van der Waals surface area (Å²) in [5.74, 6) is 3.96. The summed E-state index contributed by atoms with van der Waals surface area (Å²) in [7, 11) is 0. The van der Waals surface area contributed by atoms with Gasteiger partial charge in [-0.25, -0.2) is 9.97 Å². The molecular formula is C22H33N3O. The highest BCUT2D eigenvalue weighted by atomic mass is 16.1. The smallest absolute Gasteiger partial charge is 0.225 e. The highest BCUT2D eigenvalue weighted by Crippen LogP contribution is 2.64. The molecule has 2 heterocycles. The lowest BCUT2D eigenvalue weighted by molar-refractivity contribution is -0.135. The Kier molecular flexibility index (Phi) is 4.79. The van der Waals surface area contributed by atoms with Gasteiger partial charge in [-0.1, -0.05) is 20.8 Å². The molecule has 142 valence electrons. The van der Waals surface area contributed by atoms with Gasteiger partial charge in [0.25, 0.3) is 0 Å². The molecule has 3 fully saturated rings. The molecule has 1 aliphatic heterocycles. The maximum absolute atomic E-state index is 11.8. The first-order valence-corrected chi connectivity index (χ1v) is 10.6. The summed E-state index contributed by atoms with van der Waals surface area (Å²) in [5.41, 5.74) is 1.76. The van der Waals surface area contributed by atoms with Crippen molar-refractivity contribution < 1.29 is 4.79 Å². The summed E-state index contributed by atoms with van der Waals surface area (Å²) in [6.45, 7) is 8.82. The first-order valence-electron chi connectivity index (χ1n) is 10.6. The van der Waals surface area contributed by atoms with Crippen LogP contribution in [-0.2, 0) is 4.79 Å². The van der Waals surface area contributed by atoms with Gasteiger partial charge in [-0.2, -0.15) is 0 Å². The van der Waals surface area contributed by atoms with Crippen LogP contribution < -0.4 is 4.90 Å². The van der Waals surface area contributed by atoms with Crippen molar-refractivity contribution in [1.29, 1.82) is 0 Å². The number of carbonyl (C=O) groups excluding carboxylic acids is 1. The number of rotatable bonds is 5. The number of piperidine rings is 1. The Labute approximate surface area is 157 Å². The van der Waals surface area contributed by atoms with Crippen LogP contribution in [0.4, 0.5) is 5.95 Å². The van der Waals surface area contributed by atoms with Crippen LogP contribution in [0.25, 0.3) is 0 Å². The van der Waals surface area contributed by atoms with Crippen LogP contribution in [0.5, 0.6) is 0 Å². The third kappa shape index (κ3) is 3.27. The largest absolute Gasteiger partial charge is 0.341 e.